The lowest BCUT2D eigenvalue weighted by atomic mass is 10.1. The highest BCUT2D eigenvalue weighted by Gasteiger charge is 2.34. The molecule has 3 aromatic carbocycles. The van der Waals surface area contributed by atoms with E-state index >= 15 is 0 Å². The maximum atomic E-state index is 14.0. The number of anilines is 1. The highest BCUT2D eigenvalue weighted by Crippen LogP contribution is 2.40. The quantitative estimate of drug-likeness (QED) is 0.226. The third-order valence-corrected chi connectivity index (χ3v) is 5.10. The molecule has 4 rings (SSSR count). The SMILES string of the molecule is CCOc1cc(C=C2C(=O)NN(c3ccccc3)C2=O)cc([N+](=O)[O-])c1OCc1ccccc1F. The van der Waals surface area contributed by atoms with Gasteiger partial charge in [0.25, 0.3) is 11.8 Å². The Labute approximate surface area is 199 Å². The summed E-state index contributed by atoms with van der Waals surface area (Å²) >= 11 is 0. The average molecular weight is 477 g/mol. The van der Waals surface area contributed by atoms with E-state index in [0.717, 1.165) is 11.1 Å². The molecule has 0 saturated carbocycles. The van der Waals surface area contributed by atoms with Crippen molar-refractivity contribution in [1.82, 2.24) is 5.43 Å². The molecule has 35 heavy (non-hydrogen) atoms. The first-order valence-electron chi connectivity index (χ1n) is 10.6. The number of hydrazine groups is 1. The summed E-state index contributed by atoms with van der Waals surface area (Å²) in [6.45, 7) is 1.58. The summed E-state index contributed by atoms with van der Waals surface area (Å²) in [4.78, 5) is 36.5. The zero-order valence-corrected chi connectivity index (χ0v) is 18.6. The van der Waals surface area contributed by atoms with Gasteiger partial charge < -0.3 is 9.47 Å². The number of hydrogen-bond donors (Lipinski definition) is 1. The predicted octanol–water partition coefficient (Wildman–Crippen LogP) is 4.17. The maximum Gasteiger partial charge on any atom is 0.315 e. The summed E-state index contributed by atoms with van der Waals surface area (Å²) in [5, 5.41) is 12.9. The van der Waals surface area contributed by atoms with E-state index in [2.05, 4.69) is 5.43 Å². The first-order valence-corrected chi connectivity index (χ1v) is 10.6. The molecule has 1 saturated heterocycles. The Morgan fingerprint density at radius 3 is 2.46 bits per heavy atom. The van der Waals surface area contributed by atoms with Crippen LogP contribution in [0, 0.1) is 15.9 Å². The monoisotopic (exact) mass is 477 g/mol. The molecule has 10 heteroatoms. The lowest BCUT2D eigenvalue weighted by Crippen LogP contribution is -2.35. The maximum absolute atomic E-state index is 14.0. The second kappa shape index (κ2) is 10.0. The number of nitro benzene ring substituents is 1. The number of para-hydroxylation sites is 1. The van der Waals surface area contributed by atoms with Gasteiger partial charge in [0.1, 0.15) is 18.0 Å². The van der Waals surface area contributed by atoms with Gasteiger partial charge in [0, 0.05) is 11.6 Å². The number of benzene rings is 3. The van der Waals surface area contributed by atoms with Crippen LogP contribution in [0.5, 0.6) is 11.5 Å². The summed E-state index contributed by atoms with van der Waals surface area (Å²) in [6, 6.07) is 17.0. The van der Waals surface area contributed by atoms with E-state index in [0.29, 0.717) is 5.69 Å². The highest BCUT2D eigenvalue weighted by atomic mass is 19.1. The van der Waals surface area contributed by atoms with Crippen LogP contribution in [-0.4, -0.2) is 23.3 Å². The Bertz CT molecular complexity index is 1330. The Morgan fingerprint density at radius 2 is 1.77 bits per heavy atom. The van der Waals surface area contributed by atoms with Crippen LogP contribution in [0.3, 0.4) is 0 Å². The van der Waals surface area contributed by atoms with E-state index in [1.807, 2.05) is 0 Å². The lowest BCUT2D eigenvalue weighted by molar-refractivity contribution is -0.386. The van der Waals surface area contributed by atoms with Gasteiger partial charge in [0.2, 0.25) is 5.75 Å². The molecular formula is C25H20FN3O6. The molecule has 178 valence electrons. The van der Waals surface area contributed by atoms with E-state index in [1.165, 1.54) is 30.3 Å². The molecule has 1 N–H and O–H groups in total. The average Bonchev–Trinajstić information content (AvgIpc) is 3.13. The zero-order valence-electron chi connectivity index (χ0n) is 18.6. The highest BCUT2D eigenvalue weighted by molar-refractivity contribution is 6.31. The molecule has 0 unspecified atom stereocenters. The van der Waals surface area contributed by atoms with Crippen molar-refractivity contribution in [2.45, 2.75) is 13.5 Å². The van der Waals surface area contributed by atoms with Gasteiger partial charge >= 0.3 is 5.69 Å². The van der Waals surface area contributed by atoms with Crippen LogP contribution in [0.25, 0.3) is 6.08 Å². The second-order valence-corrected chi connectivity index (χ2v) is 7.41. The topological polar surface area (TPSA) is 111 Å². The van der Waals surface area contributed by atoms with Gasteiger partial charge in [0.05, 0.1) is 17.2 Å². The minimum atomic E-state index is -0.673. The Morgan fingerprint density at radius 1 is 1.06 bits per heavy atom. The number of rotatable bonds is 8. The van der Waals surface area contributed by atoms with Crippen molar-refractivity contribution in [3.05, 3.63) is 99.4 Å². The molecular weight excluding hydrogens is 457 g/mol. The Hall–Kier alpha value is -4.73. The summed E-state index contributed by atoms with van der Waals surface area (Å²) < 4.78 is 25.1. The van der Waals surface area contributed by atoms with Crippen molar-refractivity contribution < 1.29 is 28.4 Å². The lowest BCUT2D eigenvalue weighted by Gasteiger charge is -2.14. The van der Waals surface area contributed by atoms with Crippen LogP contribution in [-0.2, 0) is 16.2 Å². The van der Waals surface area contributed by atoms with Crippen LogP contribution in [0.4, 0.5) is 15.8 Å². The van der Waals surface area contributed by atoms with Crippen molar-refractivity contribution in [3.8, 4) is 11.5 Å². The molecule has 1 aliphatic heterocycles. The van der Waals surface area contributed by atoms with Gasteiger partial charge in [-0.25, -0.2) is 9.40 Å². The number of amides is 2. The van der Waals surface area contributed by atoms with Gasteiger partial charge in [0.15, 0.2) is 5.75 Å². The number of hydrogen-bond acceptors (Lipinski definition) is 6. The van der Waals surface area contributed by atoms with Gasteiger partial charge in [-0.05, 0) is 42.8 Å². The number of ether oxygens (including phenoxy) is 2. The summed E-state index contributed by atoms with van der Waals surface area (Å²) in [5.41, 5.74) is 2.68. The van der Waals surface area contributed by atoms with Crippen molar-refractivity contribution in [1.29, 1.82) is 0 Å². The first-order chi connectivity index (χ1) is 16.9. The molecule has 1 fully saturated rings. The number of carbonyl (C=O) groups is 2. The number of carbonyl (C=O) groups excluding carboxylic acids is 2. The largest absolute Gasteiger partial charge is 0.490 e. The van der Waals surface area contributed by atoms with Crippen molar-refractivity contribution in [3.63, 3.8) is 0 Å². The molecule has 0 spiro atoms. The van der Waals surface area contributed by atoms with Gasteiger partial charge in [-0.2, -0.15) is 0 Å². The molecule has 1 heterocycles. The molecule has 1 aliphatic rings. The molecule has 0 aromatic heterocycles. The van der Waals surface area contributed by atoms with Crippen molar-refractivity contribution in [2.75, 3.05) is 11.6 Å². The third-order valence-electron chi connectivity index (χ3n) is 5.10. The minimum Gasteiger partial charge on any atom is -0.490 e. The second-order valence-electron chi connectivity index (χ2n) is 7.41. The zero-order chi connectivity index (χ0) is 24.9. The van der Waals surface area contributed by atoms with Crippen LogP contribution >= 0.6 is 0 Å². The van der Waals surface area contributed by atoms with Crippen molar-refractivity contribution >= 4 is 29.3 Å². The van der Waals surface area contributed by atoms with Crippen LogP contribution in [0.2, 0.25) is 0 Å². The van der Waals surface area contributed by atoms with Crippen molar-refractivity contribution in [2.24, 2.45) is 0 Å². The smallest absolute Gasteiger partial charge is 0.315 e. The Balaban J connectivity index is 1.70. The van der Waals surface area contributed by atoms with Crippen LogP contribution in [0.1, 0.15) is 18.1 Å². The van der Waals surface area contributed by atoms with E-state index in [9.17, 15) is 24.1 Å². The first kappa shape index (κ1) is 23.4. The molecule has 3 aromatic rings. The van der Waals surface area contributed by atoms with Gasteiger partial charge in [-0.15, -0.1) is 0 Å². The molecule has 0 radical (unpaired) electrons. The normalized spacial score (nSPS) is 14.2. The van der Waals surface area contributed by atoms with E-state index in [-0.39, 0.29) is 41.4 Å². The fourth-order valence-electron chi connectivity index (χ4n) is 3.48. The number of halogens is 1. The fraction of sp³-hybridized carbons (Fsp3) is 0.120. The summed E-state index contributed by atoms with van der Waals surface area (Å²) in [7, 11) is 0. The molecule has 0 aliphatic carbocycles. The summed E-state index contributed by atoms with van der Waals surface area (Å²) in [5.74, 6) is -1.93. The standard InChI is InChI=1S/C25H20FN3O6/c1-2-34-22-14-16(12-19-24(30)27-28(25(19)31)18-9-4-3-5-10-18)13-21(29(32)33)23(22)35-15-17-8-6-7-11-20(17)26/h3-14H,2,15H2,1H3,(H,27,30). The molecule has 0 bridgehead atoms. The van der Waals surface area contributed by atoms with E-state index in [4.69, 9.17) is 9.47 Å². The fourth-order valence-corrected chi connectivity index (χ4v) is 3.48. The number of nitrogens with zero attached hydrogens (tertiary/aromatic N) is 2. The van der Waals surface area contributed by atoms with E-state index < -0.39 is 28.2 Å². The molecule has 0 atom stereocenters. The minimum absolute atomic E-state index is 0.0238. The molecule has 9 nitrogen and oxygen atoms in total. The third kappa shape index (κ3) is 4.96. The summed E-state index contributed by atoms with van der Waals surface area (Å²) in [6.07, 6.45) is 1.25. The molecule has 2 amide bonds. The van der Waals surface area contributed by atoms with Gasteiger partial charge in [-0.1, -0.05) is 36.4 Å². The number of nitrogens with one attached hydrogen (secondary N) is 1. The predicted molar refractivity (Wildman–Crippen MR) is 125 cm³/mol. The number of nitro groups is 1. The van der Waals surface area contributed by atoms with Crippen LogP contribution < -0.4 is 19.9 Å². The van der Waals surface area contributed by atoms with Gasteiger partial charge in [-0.3, -0.25) is 25.1 Å². The van der Waals surface area contributed by atoms with E-state index in [1.54, 1.807) is 43.3 Å². The Kier molecular flexibility index (Phi) is 6.72. The van der Waals surface area contributed by atoms with Crippen LogP contribution in [0.15, 0.2) is 72.3 Å².